The standard InChI is InChI=1S/C16H14N2O8/c1-25-13-6-9(11(18(23)24)7-14(13)26-2)15(20)17-10-4-3-8(16(21)22)5-12(10)19/h3-7,19H,1-2H3,(H,17,20)(H,21,22). The van der Waals surface area contributed by atoms with Crippen LogP contribution in [0, 0.1) is 10.1 Å². The van der Waals surface area contributed by atoms with Gasteiger partial charge in [-0.1, -0.05) is 0 Å². The van der Waals surface area contributed by atoms with Crippen LogP contribution in [-0.4, -0.2) is 41.2 Å². The Hall–Kier alpha value is -3.82. The molecule has 10 nitrogen and oxygen atoms in total. The van der Waals surface area contributed by atoms with Gasteiger partial charge in [0.15, 0.2) is 11.5 Å². The number of anilines is 1. The van der Waals surface area contributed by atoms with Crippen molar-refractivity contribution in [2.75, 3.05) is 19.5 Å². The molecule has 10 heteroatoms. The second-order valence-corrected chi connectivity index (χ2v) is 4.97. The van der Waals surface area contributed by atoms with E-state index in [0.717, 1.165) is 18.2 Å². The van der Waals surface area contributed by atoms with E-state index in [1.54, 1.807) is 0 Å². The van der Waals surface area contributed by atoms with Gasteiger partial charge in [0.2, 0.25) is 0 Å². The first-order valence-electron chi connectivity index (χ1n) is 7.06. The van der Waals surface area contributed by atoms with Crippen LogP contribution >= 0.6 is 0 Å². The van der Waals surface area contributed by atoms with Crippen molar-refractivity contribution in [2.45, 2.75) is 0 Å². The summed E-state index contributed by atoms with van der Waals surface area (Å²) in [6, 6.07) is 5.46. The normalized spacial score (nSPS) is 10.1. The second kappa shape index (κ2) is 7.38. The van der Waals surface area contributed by atoms with Crippen molar-refractivity contribution < 1.29 is 34.2 Å². The van der Waals surface area contributed by atoms with Gasteiger partial charge in [0.1, 0.15) is 11.3 Å². The number of benzene rings is 2. The number of nitro benzene ring substituents is 1. The van der Waals surface area contributed by atoms with Crippen LogP contribution in [0.15, 0.2) is 30.3 Å². The van der Waals surface area contributed by atoms with E-state index in [4.69, 9.17) is 14.6 Å². The number of ether oxygens (including phenoxy) is 2. The molecule has 0 aromatic heterocycles. The smallest absolute Gasteiger partial charge is 0.335 e. The molecule has 0 radical (unpaired) electrons. The minimum Gasteiger partial charge on any atom is -0.506 e. The molecule has 26 heavy (non-hydrogen) atoms. The van der Waals surface area contributed by atoms with Gasteiger partial charge in [-0.15, -0.1) is 0 Å². The molecule has 0 aliphatic heterocycles. The van der Waals surface area contributed by atoms with Crippen LogP contribution < -0.4 is 14.8 Å². The summed E-state index contributed by atoms with van der Waals surface area (Å²) in [6.45, 7) is 0. The zero-order valence-corrected chi connectivity index (χ0v) is 13.7. The molecule has 0 unspecified atom stereocenters. The van der Waals surface area contributed by atoms with Gasteiger partial charge in [0.05, 0.1) is 36.5 Å². The summed E-state index contributed by atoms with van der Waals surface area (Å²) in [5.74, 6) is -2.47. The van der Waals surface area contributed by atoms with Crippen LogP contribution in [0.3, 0.4) is 0 Å². The van der Waals surface area contributed by atoms with E-state index in [2.05, 4.69) is 5.32 Å². The zero-order chi connectivity index (χ0) is 19.4. The molecule has 136 valence electrons. The number of phenolic OH excluding ortho intramolecular Hbond substituents is 1. The van der Waals surface area contributed by atoms with Gasteiger partial charge in [-0.2, -0.15) is 0 Å². The minimum atomic E-state index is -1.26. The zero-order valence-electron chi connectivity index (χ0n) is 13.7. The molecule has 0 fully saturated rings. The summed E-state index contributed by atoms with van der Waals surface area (Å²) in [5, 5.41) is 32.2. The number of hydrogen-bond donors (Lipinski definition) is 3. The van der Waals surface area contributed by atoms with Crippen LogP contribution in [0.5, 0.6) is 17.2 Å². The SMILES string of the molecule is COc1cc(C(=O)Nc2ccc(C(=O)O)cc2O)c([N+](=O)[O-])cc1OC. The lowest BCUT2D eigenvalue weighted by molar-refractivity contribution is -0.385. The van der Waals surface area contributed by atoms with Crippen molar-refractivity contribution in [1.29, 1.82) is 0 Å². The number of carbonyl (C=O) groups is 2. The van der Waals surface area contributed by atoms with E-state index < -0.39 is 28.2 Å². The number of aromatic carboxylic acids is 1. The number of amides is 1. The molecule has 0 saturated heterocycles. The maximum atomic E-state index is 12.4. The molecule has 0 aliphatic rings. The lowest BCUT2D eigenvalue weighted by Crippen LogP contribution is -2.15. The number of nitrogens with one attached hydrogen (secondary N) is 1. The maximum absolute atomic E-state index is 12.4. The molecule has 0 spiro atoms. The topological polar surface area (TPSA) is 148 Å². The Labute approximate surface area is 146 Å². The molecule has 0 atom stereocenters. The highest BCUT2D eigenvalue weighted by Crippen LogP contribution is 2.35. The predicted molar refractivity (Wildman–Crippen MR) is 89.2 cm³/mol. The fraction of sp³-hybridized carbons (Fsp3) is 0.125. The van der Waals surface area contributed by atoms with Crippen LogP contribution in [-0.2, 0) is 0 Å². The molecule has 2 aromatic rings. The van der Waals surface area contributed by atoms with E-state index in [9.17, 15) is 24.8 Å². The molecule has 2 aromatic carbocycles. The van der Waals surface area contributed by atoms with Gasteiger partial charge >= 0.3 is 5.97 Å². The highest BCUT2D eigenvalue weighted by Gasteiger charge is 2.25. The molecular weight excluding hydrogens is 348 g/mol. The second-order valence-electron chi connectivity index (χ2n) is 4.97. The summed E-state index contributed by atoms with van der Waals surface area (Å²) in [7, 11) is 2.60. The summed E-state index contributed by atoms with van der Waals surface area (Å²) < 4.78 is 10.0. The fourth-order valence-corrected chi connectivity index (χ4v) is 2.16. The largest absolute Gasteiger partial charge is 0.506 e. The number of phenols is 1. The number of methoxy groups -OCH3 is 2. The number of aromatic hydroxyl groups is 1. The van der Waals surface area contributed by atoms with E-state index in [-0.39, 0.29) is 28.3 Å². The van der Waals surface area contributed by atoms with Gasteiger partial charge in [0.25, 0.3) is 11.6 Å². The van der Waals surface area contributed by atoms with Crippen molar-refractivity contribution in [3.63, 3.8) is 0 Å². The fourth-order valence-electron chi connectivity index (χ4n) is 2.16. The number of rotatable bonds is 6. The van der Waals surface area contributed by atoms with Crippen LogP contribution in [0.1, 0.15) is 20.7 Å². The van der Waals surface area contributed by atoms with Crippen LogP contribution in [0.25, 0.3) is 0 Å². The average molecular weight is 362 g/mol. The first-order chi connectivity index (χ1) is 12.3. The van der Waals surface area contributed by atoms with Gasteiger partial charge in [-0.3, -0.25) is 14.9 Å². The van der Waals surface area contributed by atoms with E-state index in [1.807, 2.05) is 0 Å². The number of carboxylic acid groups (broad SMARTS) is 1. The third-order valence-corrected chi connectivity index (χ3v) is 3.44. The molecule has 0 aliphatic carbocycles. The third-order valence-electron chi connectivity index (χ3n) is 3.44. The quantitative estimate of drug-likeness (QED) is 0.402. The van der Waals surface area contributed by atoms with Crippen molar-refractivity contribution in [3.8, 4) is 17.2 Å². The maximum Gasteiger partial charge on any atom is 0.335 e. The summed E-state index contributed by atoms with van der Waals surface area (Å²) >= 11 is 0. The highest BCUT2D eigenvalue weighted by molar-refractivity contribution is 6.08. The summed E-state index contributed by atoms with van der Waals surface area (Å²) in [5.41, 5.74) is -1.14. The molecule has 0 saturated carbocycles. The highest BCUT2D eigenvalue weighted by atomic mass is 16.6. The summed E-state index contributed by atoms with van der Waals surface area (Å²) in [6.07, 6.45) is 0. The lowest BCUT2D eigenvalue weighted by Gasteiger charge is -2.11. The number of carboxylic acids is 1. The van der Waals surface area contributed by atoms with Gasteiger partial charge < -0.3 is 25.0 Å². The molecule has 0 heterocycles. The lowest BCUT2D eigenvalue weighted by atomic mass is 10.1. The molecule has 0 bridgehead atoms. The van der Waals surface area contributed by atoms with Crippen molar-refractivity contribution in [3.05, 3.63) is 51.6 Å². The Bertz CT molecular complexity index is 894. The first-order valence-corrected chi connectivity index (χ1v) is 7.06. The molecular formula is C16H14N2O8. The van der Waals surface area contributed by atoms with E-state index in [0.29, 0.717) is 0 Å². The van der Waals surface area contributed by atoms with E-state index >= 15 is 0 Å². The van der Waals surface area contributed by atoms with Gasteiger partial charge in [0, 0.05) is 6.07 Å². The molecule has 1 amide bonds. The number of hydrogen-bond acceptors (Lipinski definition) is 7. The Morgan fingerprint density at radius 3 is 2.23 bits per heavy atom. The Balaban J connectivity index is 2.43. The Morgan fingerprint density at radius 1 is 1.12 bits per heavy atom. The van der Waals surface area contributed by atoms with Gasteiger partial charge in [-0.25, -0.2) is 4.79 Å². The first kappa shape index (κ1) is 18.5. The number of nitrogens with zero attached hydrogens (tertiary/aromatic N) is 1. The van der Waals surface area contributed by atoms with Gasteiger partial charge in [-0.05, 0) is 18.2 Å². The summed E-state index contributed by atoms with van der Waals surface area (Å²) in [4.78, 5) is 33.8. The Kier molecular flexibility index (Phi) is 5.26. The van der Waals surface area contributed by atoms with E-state index in [1.165, 1.54) is 26.4 Å². The third kappa shape index (κ3) is 3.64. The monoisotopic (exact) mass is 362 g/mol. The predicted octanol–water partition coefficient (Wildman–Crippen LogP) is 2.27. The van der Waals surface area contributed by atoms with Crippen LogP contribution in [0.4, 0.5) is 11.4 Å². The number of carbonyl (C=O) groups excluding carboxylic acids is 1. The average Bonchev–Trinajstić information content (AvgIpc) is 2.61. The molecule has 2 rings (SSSR count). The number of nitro groups is 1. The van der Waals surface area contributed by atoms with Crippen molar-refractivity contribution in [1.82, 2.24) is 0 Å². The van der Waals surface area contributed by atoms with Crippen LogP contribution in [0.2, 0.25) is 0 Å². The van der Waals surface area contributed by atoms with Crippen molar-refractivity contribution in [2.24, 2.45) is 0 Å². The molecule has 3 N–H and O–H groups in total. The minimum absolute atomic E-state index is 0.0735. The van der Waals surface area contributed by atoms with Crippen molar-refractivity contribution >= 4 is 23.3 Å². The Morgan fingerprint density at radius 2 is 1.73 bits per heavy atom.